The number of thioether (sulfide) groups is 1. The summed E-state index contributed by atoms with van der Waals surface area (Å²) < 4.78 is 2.17. The minimum absolute atomic E-state index is 0.893. The van der Waals surface area contributed by atoms with Crippen LogP contribution in [0.2, 0.25) is 0 Å². The molecule has 0 N–H and O–H groups in total. The molecular formula is C21H25N5S. The summed E-state index contributed by atoms with van der Waals surface area (Å²) in [6.45, 7) is 4.77. The number of hydrogen-bond donors (Lipinski definition) is 0. The number of nitrogens with zero attached hydrogens (tertiary/aromatic N) is 5. The number of hydrogen-bond acceptors (Lipinski definition) is 5. The molecule has 0 aliphatic carbocycles. The minimum atomic E-state index is 0.893. The van der Waals surface area contributed by atoms with Gasteiger partial charge in [-0.25, -0.2) is 0 Å². The van der Waals surface area contributed by atoms with Gasteiger partial charge in [0.25, 0.3) is 0 Å². The van der Waals surface area contributed by atoms with Crippen molar-refractivity contribution in [2.24, 2.45) is 0 Å². The van der Waals surface area contributed by atoms with Crippen molar-refractivity contribution in [1.29, 1.82) is 0 Å². The van der Waals surface area contributed by atoms with Crippen molar-refractivity contribution in [3.05, 3.63) is 72.3 Å². The molecule has 27 heavy (non-hydrogen) atoms. The Bertz CT molecular complexity index is 850. The summed E-state index contributed by atoms with van der Waals surface area (Å²) in [5.41, 5.74) is 3.68. The molecule has 3 aromatic rings. The molecule has 4 rings (SSSR count). The van der Waals surface area contributed by atoms with Crippen molar-refractivity contribution < 1.29 is 0 Å². The molecule has 140 valence electrons. The lowest BCUT2D eigenvalue weighted by atomic mass is 10.2. The van der Waals surface area contributed by atoms with Gasteiger partial charge >= 0.3 is 0 Å². The molecule has 0 amide bonds. The Morgan fingerprint density at radius 2 is 1.89 bits per heavy atom. The zero-order chi connectivity index (χ0) is 18.5. The van der Waals surface area contributed by atoms with E-state index in [1.165, 1.54) is 16.3 Å². The first kappa shape index (κ1) is 18.1. The first-order valence-corrected chi connectivity index (χ1v) is 10.3. The van der Waals surface area contributed by atoms with Gasteiger partial charge in [-0.3, -0.25) is 14.6 Å². The van der Waals surface area contributed by atoms with Crippen LogP contribution in [0.25, 0.3) is 0 Å². The number of aromatic nitrogens is 3. The molecule has 0 saturated carbocycles. The predicted molar refractivity (Wildman–Crippen MR) is 111 cm³/mol. The van der Waals surface area contributed by atoms with Gasteiger partial charge in [0.1, 0.15) is 0 Å². The topological polar surface area (TPSA) is 37.2 Å². The fraction of sp³-hybridized carbons (Fsp3) is 0.333. The third kappa shape index (κ3) is 4.70. The fourth-order valence-corrected chi connectivity index (χ4v) is 4.36. The molecule has 2 aromatic heterocycles. The summed E-state index contributed by atoms with van der Waals surface area (Å²) in [6.07, 6.45) is 3.71. The molecule has 0 spiro atoms. The number of rotatable bonds is 7. The summed E-state index contributed by atoms with van der Waals surface area (Å²) in [6, 6.07) is 17.0. The van der Waals surface area contributed by atoms with Gasteiger partial charge in [0.05, 0.1) is 24.5 Å². The summed E-state index contributed by atoms with van der Waals surface area (Å²) in [7, 11) is 2.17. The smallest absolute Gasteiger partial charge is 0.0768 e. The molecule has 0 unspecified atom stereocenters. The summed E-state index contributed by atoms with van der Waals surface area (Å²) >= 11 is 1.91. The van der Waals surface area contributed by atoms with Crippen LogP contribution in [0.4, 0.5) is 5.69 Å². The van der Waals surface area contributed by atoms with E-state index in [-0.39, 0.29) is 0 Å². The number of benzene rings is 1. The van der Waals surface area contributed by atoms with Crippen molar-refractivity contribution in [3.63, 3.8) is 0 Å². The van der Waals surface area contributed by atoms with Crippen molar-refractivity contribution in [3.8, 4) is 0 Å². The van der Waals surface area contributed by atoms with Gasteiger partial charge in [0.2, 0.25) is 0 Å². The maximum Gasteiger partial charge on any atom is 0.0768 e. The predicted octanol–water partition coefficient (Wildman–Crippen LogP) is 3.52. The second-order valence-electron chi connectivity index (χ2n) is 6.88. The van der Waals surface area contributed by atoms with Crippen LogP contribution < -0.4 is 4.90 Å². The monoisotopic (exact) mass is 379 g/mol. The van der Waals surface area contributed by atoms with Crippen LogP contribution in [-0.2, 0) is 19.6 Å². The highest BCUT2D eigenvalue weighted by molar-refractivity contribution is 7.99. The van der Waals surface area contributed by atoms with Crippen LogP contribution in [0, 0.1) is 0 Å². The summed E-state index contributed by atoms with van der Waals surface area (Å²) in [5.74, 6) is 1.09. The molecule has 0 fully saturated rings. The van der Waals surface area contributed by atoms with Crippen LogP contribution in [0.5, 0.6) is 0 Å². The van der Waals surface area contributed by atoms with E-state index in [0.717, 1.165) is 44.2 Å². The van der Waals surface area contributed by atoms with Gasteiger partial charge in [-0.2, -0.15) is 5.10 Å². The average molecular weight is 380 g/mol. The van der Waals surface area contributed by atoms with E-state index < -0.39 is 0 Å². The van der Waals surface area contributed by atoms with E-state index in [0.29, 0.717) is 0 Å². The van der Waals surface area contributed by atoms with Crippen molar-refractivity contribution >= 4 is 17.4 Å². The third-order valence-electron chi connectivity index (χ3n) is 4.79. The highest BCUT2D eigenvalue weighted by Crippen LogP contribution is 2.21. The number of fused-ring (bicyclic) bond motifs is 1. The molecule has 0 saturated heterocycles. The summed E-state index contributed by atoms with van der Waals surface area (Å²) in [5, 5.41) is 4.81. The van der Waals surface area contributed by atoms with E-state index in [4.69, 9.17) is 5.10 Å². The molecule has 3 heterocycles. The second kappa shape index (κ2) is 8.59. The van der Waals surface area contributed by atoms with Crippen molar-refractivity contribution in [2.45, 2.75) is 24.5 Å². The van der Waals surface area contributed by atoms with Crippen LogP contribution in [0.15, 0.2) is 65.8 Å². The Morgan fingerprint density at radius 3 is 2.70 bits per heavy atom. The Hall–Kier alpha value is -2.31. The highest BCUT2D eigenvalue weighted by atomic mass is 32.2. The molecule has 1 aromatic carbocycles. The Balaban J connectivity index is 1.30. The van der Waals surface area contributed by atoms with Crippen LogP contribution in [0.3, 0.4) is 0 Å². The molecule has 0 radical (unpaired) electrons. The first-order valence-electron chi connectivity index (χ1n) is 9.35. The molecule has 0 atom stereocenters. The van der Waals surface area contributed by atoms with Crippen LogP contribution in [0.1, 0.15) is 11.4 Å². The van der Waals surface area contributed by atoms with Crippen LogP contribution in [-0.4, -0.2) is 45.6 Å². The van der Waals surface area contributed by atoms with Crippen molar-refractivity contribution in [2.75, 3.05) is 30.8 Å². The molecule has 6 heteroatoms. The zero-order valence-corrected chi connectivity index (χ0v) is 16.5. The SMILES string of the molecule is CN(CCSc1ccccc1)Cc1cc2n(n1)CCN(c1ccncc1)C2. The fourth-order valence-electron chi connectivity index (χ4n) is 3.37. The van der Waals surface area contributed by atoms with Crippen LogP contribution >= 0.6 is 11.8 Å². The van der Waals surface area contributed by atoms with Gasteiger partial charge in [0, 0.05) is 48.4 Å². The lowest BCUT2D eigenvalue weighted by Crippen LogP contribution is -2.33. The van der Waals surface area contributed by atoms with Crippen molar-refractivity contribution in [1.82, 2.24) is 19.7 Å². The zero-order valence-electron chi connectivity index (χ0n) is 15.7. The summed E-state index contributed by atoms with van der Waals surface area (Å²) in [4.78, 5) is 10.2. The van der Waals surface area contributed by atoms with E-state index in [9.17, 15) is 0 Å². The third-order valence-corrected chi connectivity index (χ3v) is 5.79. The Labute approximate surface area is 165 Å². The van der Waals surface area contributed by atoms with E-state index in [1.54, 1.807) is 0 Å². The minimum Gasteiger partial charge on any atom is -0.364 e. The molecular weight excluding hydrogens is 354 g/mol. The quantitative estimate of drug-likeness (QED) is 0.587. The largest absolute Gasteiger partial charge is 0.364 e. The number of pyridine rings is 1. The van der Waals surface area contributed by atoms with Gasteiger partial charge < -0.3 is 4.90 Å². The van der Waals surface area contributed by atoms with Gasteiger partial charge in [-0.15, -0.1) is 11.8 Å². The molecule has 1 aliphatic heterocycles. The van der Waals surface area contributed by atoms with E-state index in [1.807, 2.05) is 24.2 Å². The van der Waals surface area contributed by atoms with E-state index in [2.05, 4.69) is 75.0 Å². The lowest BCUT2D eigenvalue weighted by Gasteiger charge is -2.29. The number of anilines is 1. The average Bonchev–Trinajstić information content (AvgIpc) is 3.10. The Morgan fingerprint density at radius 1 is 1.07 bits per heavy atom. The maximum atomic E-state index is 4.81. The maximum absolute atomic E-state index is 4.81. The molecule has 1 aliphatic rings. The lowest BCUT2D eigenvalue weighted by molar-refractivity contribution is 0.342. The normalized spacial score (nSPS) is 13.8. The first-order chi connectivity index (χ1) is 13.3. The van der Waals surface area contributed by atoms with E-state index >= 15 is 0 Å². The highest BCUT2D eigenvalue weighted by Gasteiger charge is 2.19. The van der Waals surface area contributed by atoms with Gasteiger partial charge in [-0.05, 0) is 37.4 Å². The molecule has 5 nitrogen and oxygen atoms in total. The van der Waals surface area contributed by atoms with Gasteiger partial charge in [-0.1, -0.05) is 18.2 Å². The standard InChI is InChI=1S/C21H25N5S/c1-24(13-14-27-21-5-3-2-4-6-21)16-18-15-20-17-25(11-12-26(20)23-18)19-7-9-22-10-8-19/h2-10,15H,11-14,16-17H2,1H3. The molecule has 0 bridgehead atoms. The van der Waals surface area contributed by atoms with Gasteiger partial charge in [0.15, 0.2) is 0 Å². The second-order valence-corrected chi connectivity index (χ2v) is 8.04. The Kier molecular flexibility index (Phi) is 5.75.